The first-order chi connectivity index (χ1) is 12.7. The molecule has 0 bridgehead atoms. The van der Waals surface area contributed by atoms with Gasteiger partial charge in [-0.3, -0.25) is 0 Å². The van der Waals surface area contributed by atoms with Crippen LogP contribution in [0.5, 0.6) is 0 Å². The number of methoxy groups -OCH3 is 1. The number of hydrogen-bond acceptors (Lipinski definition) is 6. The number of nitrogens with zero attached hydrogens (tertiary/aromatic N) is 2. The number of esters is 1. The van der Waals surface area contributed by atoms with Crippen LogP contribution in [0.15, 0.2) is 24.3 Å². The van der Waals surface area contributed by atoms with Crippen molar-refractivity contribution in [1.82, 2.24) is 9.97 Å². The van der Waals surface area contributed by atoms with Crippen LogP contribution in [-0.4, -0.2) is 23.0 Å². The number of nitrogens with two attached hydrogens (primary N) is 1. The summed E-state index contributed by atoms with van der Waals surface area (Å²) in [7, 11) is 1.22. The Bertz CT molecular complexity index is 872. The van der Waals surface area contributed by atoms with Crippen molar-refractivity contribution in [2.75, 3.05) is 18.2 Å². The molecular formula is C18H19F3N4O2. The molecule has 144 valence electrons. The molecule has 9 heteroatoms. The van der Waals surface area contributed by atoms with Crippen molar-refractivity contribution in [3.63, 3.8) is 0 Å². The van der Waals surface area contributed by atoms with Crippen molar-refractivity contribution in [2.24, 2.45) is 0 Å². The van der Waals surface area contributed by atoms with Gasteiger partial charge in [-0.25, -0.2) is 27.9 Å². The van der Waals surface area contributed by atoms with Gasteiger partial charge in [0.1, 0.15) is 23.3 Å². The molecule has 0 aliphatic heterocycles. The van der Waals surface area contributed by atoms with Crippen LogP contribution in [0, 0.1) is 12.7 Å². The van der Waals surface area contributed by atoms with Crippen molar-refractivity contribution in [3.8, 4) is 0 Å². The van der Waals surface area contributed by atoms with Gasteiger partial charge >= 0.3 is 5.97 Å². The highest BCUT2D eigenvalue weighted by molar-refractivity contribution is 5.89. The number of alkyl halides is 2. The van der Waals surface area contributed by atoms with Crippen LogP contribution in [0.2, 0.25) is 0 Å². The molecule has 0 spiro atoms. The van der Waals surface area contributed by atoms with E-state index in [0.717, 1.165) is 12.1 Å². The van der Waals surface area contributed by atoms with Gasteiger partial charge in [0.05, 0.1) is 24.3 Å². The second-order valence-electron chi connectivity index (χ2n) is 5.69. The Hall–Kier alpha value is -3.10. The normalized spacial score (nSPS) is 12.4. The third-order valence-electron chi connectivity index (χ3n) is 3.79. The fraction of sp³-hybridized carbons (Fsp3) is 0.278. The quantitative estimate of drug-likeness (QED) is 0.585. The van der Waals surface area contributed by atoms with Crippen molar-refractivity contribution in [2.45, 2.75) is 26.3 Å². The molecule has 1 heterocycles. The number of nitrogen functional groups attached to an aromatic ring is 1. The summed E-state index contributed by atoms with van der Waals surface area (Å²) in [6.07, 6.45) is -0.424. The van der Waals surface area contributed by atoms with E-state index in [1.54, 1.807) is 13.8 Å². The largest absolute Gasteiger partial charge is 0.466 e. The molecule has 0 aliphatic carbocycles. The predicted octanol–water partition coefficient (Wildman–Crippen LogP) is 3.80. The molecule has 0 saturated heterocycles. The zero-order chi connectivity index (χ0) is 20.1. The molecule has 1 aromatic carbocycles. The van der Waals surface area contributed by atoms with Gasteiger partial charge in [0.2, 0.25) is 0 Å². The van der Waals surface area contributed by atoms with E-state index in [2.05, 4.69) is 20.0 Å². The third kappa shape index (κ3) is 4.75. The average molecular weight is 380 g/mol. The molecule has 0 amide bonds. The number of aryl methyl sites for hydroxylation is 1. The minimum absolute atomic E-state index is 0.0468. The lowest BCUT2D eigenvalue weighted by Crippen LogP contribution is -2.14. The van der Waals surface area contributed by atoms with Crippen LogP contribution >= 0.6 is 0 Å². The van der Waals surface area contributed by atoms with Gasteiger partial charge < -0.3 is 15.8 Å². The molecule has 0 fully saturated rings. The van der Waals surface area contributed by atoms with Gasteiger partial charge in [0.15, 0.2) is 0 Å². The maximum atomic E-state index is 14.4. The van der Waals surface area contributed by atoms with Crippen LogP contribution in [-0.2, 0) is 9.53 Å². The monoisotopic (exact) mass is 380 g/mol. The number of benzene rings is 1. The van der Waals surface area contributed by atoms with Gasteiger partial charge in [-0.05, 0) is 19.9 Å². The Morgan fingerprint density at radius 2 is 1.96 bits per heavy atom. The molecule has 27 heavy (non-hydrogen) atoms. The molecule has 0 saturated carbocycles. The summed E-state index contributed by atoms with van der Waals surface area (Å²) < 4.78 is 44.8. The number of anilines is 2. The zero-order valence-corrected chi connectivity index (χ0v) is 15.0. The smallest absolute Gasteiger partial charge is 0.330 e. The number of aromatic nitrogens is 2. The van der Waals surface area contributed by atoms with E-state index in [1.807, 2.05) is 0 Å². The highest BCUT2D eigenvalue weighted by Gasteiger charge is 2.20. The maximum absolute atomic E-state index is 14.4. The molecule has 2 rings (SSSR count). The Morgan fingerprint density at radius 3 is 2.59 bits per heavy atom. The van der Waals surface area contributed by atoms with Crippen LogP contribution in [0.1, 0.15) is 41.9 Å². The topological polar surface area (TPSA) is 90.1 Å². The van der Waals surface area contributed by atoms with Crippen LogP contribution < -0.4 is 11.1 Å². The van der Waals surface area contributed by atoms with Crippen molar-refractivity contribution in [1.29, 1.82) is 0 Å². The molecule has 1 unspecified atom stereocenters. The van der Waals surface area contributed by atoms with E-state index < -0.39 is 29.8 Å². The fourth-order valence-corrected chi connectivity index (χ4v) is 2.45. The summed E-state index contributed by atoms with van der Waals surface area (Å²) in [5.74, 6) is -0.921. The molecule has 0 radical (unpaired) electrons. The first-order valence-electron chi connectivity index (χ1n) is 7.97. The number of nitrogens with one attached hydrogen (secondary N) is 1. The van der Waals surface area contributed by atoms with Crippen molar-refractivity contribution >= 4 is 23.7 Å². The third-order valence-corrected chi connectivity index (χ3v) is 3.79. The van der Waals surface area contributed by atoms with Gasteiger partial charge in [0.25, 0.3) is 6.43 Å². The number of halogens is 3. The number of ether oxygens (including phenoxy) is 1. The lowest BCUT2D eigenvalue weighted by atomic mass is 10.0. The Labute approximate surface area is 154 Å². The van der Waals surface area contributed by atoms with E-state index in [0.29, 0.717) is 11.4 Å². The fourth-order valence-electron chi connectivity index (χ4n) is 2.45. The SMILES string of the molecule is COC(=O)/C=C/c1c(N)nc(C)nc1NC(C)c1cccc(C(F)F)c1F. The Morgan fingerprint density at radius 1 is 1.30 bits per heavy atom. The highest BCUT2D eigenvalue weighted by Crippen LogP contribution is 2.30. The molecule has 6 nitrogen and oxygen atoms in total. The molecule has 1 aromatic heterocycles. The second-order valence-corrected chi connectivity index (χ2v) is 5.69. The number of hydrogen-bond donors (Lipinski definition) is 2. The maximum Gasteiger partial charge on any atom is 0.330 e. The number of rotatable bonds is 6. The van der Waals surface area contributed by atoms with E-state index in [4.69, 9.17) is 5.73 Å². The van der Waals surface area contributed by atoms with Crippen LogP contribution in [0.4, 0.5) is 24.8 Å². The summed E-state index contributed by atoms with van der Waals surface area (Å²) in [6, 6.07) is 3.09. The van der Waals surface area contributed by atoms with E-state index >= 15 is 0 Å². The van der Waals surface area contributed by atoms with Gasteiger partial charge in [-0.2, -0.15) is 0 Å². The summed E-state index contributed by atoms with van der Waals surface area (Å²) in [6.45, 7) is 3.20. The first-order valence-corrected chi connectivity index (χ1v) is 7.97. The Kier molecular flexibility index (Phi) is 6.38. The molecule has 3 N–H and O–H groups in total. The molecule has 2 aromatic rings. The summed E-state index contributed by atoms with van der Waals surface area (Å²) in [4.78, 5) is 19.6. The average Bonchev–Trinajstić information content (AvgIpc) is 2.60. The van der Waals surface area contributed by atoms with E-state index in [-0.39, 0.29) is 17.2 Å². The second kappa shape index (κ2) is 8.52. The number of carbonyl (C=O) groups is 1. The first kappa shape index (κ1) is 20.2. The lowest BCUT2D eigenvalue weighted by Gasteiger charge is -2.19. The van der Waals surface area contributed by atoms with Crippen LogP contribution in [0.25, 0.3) is 6.08 Å². The van der Waals surface area contributed by atoms with Gasteiger partial charge in [-0.15, -0.1) is 0 Å². The standard InChI is InChI=1S/C18H19F3N4O2/c1-9(11-5-4-6-12(15(11)19)16(20)21)23-18-13(7-8-14(26)27-3)17(22)24-10(2)25-18/h4-9,16H,1-3H3,(H3,22,23,24,25)/b8-7+. The molecular weight excluding hydrogens is 361 g/mol. The molecule has 1 atom stereocenters. The summed E-state index contributed by atoms with van der Waals surface area (Å²) >= 11 is 0. The van der Waals surface area contributed by atoms with Gasteiger partial charge in [0, 0.05) is 11.6 Å². The van der Waals surface area contributed by atoms with E-state index in [1.165, 1.54) is 25.3 Å². The minimum Gasteiger partial charge on any atom is -0.466 e. The number of carbonyl (C=O) groups excluding carboxylic acids is 1. The lowest BCUT2D eigenvalue weighted by molar-refractivity contribution is -0.134. The predicted molar refractivity (Wildman–Crippen MR) is 95.6 cm³/mol. The highest BCUT2D eigenvalue weighted by atomic mass is 19.3. The van der Waals surface area contributed by atoms with E-state index in [9.17, 15) is 18.0 Å². The van der Waals surface area contributed by atoms with Crippen molar-refractivity contribution in [3.05, 3.63) is 52.6 Å². The minimum atomic E-state index is -2.92. The Balaban J connectivity index is 2.41. The van der Waals surface area contributed by atoms with Crippen LogP contribution in [0.3, 0.4) is 0 Å². The van der Waals surface area contributed by atoms with Crippen molar-refractivity contribution < 1.29 is 22.7 Å². The molecule has 0 aliphatic rings. The summed E-state index contributed by atoms with van der Waals surface area (Å²) in [5, 5.41) is 2.94. The van der Waals surface area contributed by atoms with Gasteiger partial charge in [-0.1, -0.05) is 18.2 Å². The summed E-state index contributed by atoms with van der Waals surface area (Å²) in [5.41, 5.74) is 5.56. The zero-order valence-electron chi connectivity index (χ0n) is 15.0.